The van der Waals surface area contributed by atoms with Crippen LogP contribution in [0.3, 0.4) is 0 Å². The van der Waals surface area contributed by atoms with Crippen LogP contribution in [0.1, 0.15) is 25.3 Å². The van der Waals surface area contributed by atoms with Crippen molar-refractivity contribution in [3.8, 4) is 0 Å². The number of carbonyl (C=O) groups excluding carboxylic acids is 1. The highest BCUT2D eigenvalue weighted by Gasteiger charge is 2.29. The summed E-state index contributed by atoms with van der Waals surface area (Å²) in [6.45, 7) is 2.95. The molecule has 0 spiro atoms. The SMILES string of the molecule is CCCCNCC(=O)Nc1ccc(C(F)(F)F)cc1. The smallest absolute Gasteiger partial charge is 0.325 e. The maximum absolute atomic E-state index is 12.3. The minimum atomic E-state index is -4.36. The second kappa shape index (κ2) is 7.13. The number of hydrogen-bond acceptors (Lipinski definition) is 2. The first-order valence-electron chi connectivity index (χ1n) is 6.11. The fourth-order valence-corrected chi connectivity index (χ4v) is 1.45. The summed E-state index contributed by atoms with van der Waals surface area (Å²) < 4.78 is 37.0. The van der Waals surface area contributed by atoms with Gasteiger partial charge in [0.2, 0.25) is 5.91 Å². The van der Waals surface area contributed by atoms with Gasteiger partial charge in [-0.25, -0.2) is 0 Å². The summed E-state index contributed by atoms with van der Waals surface area (Å²) in [4.78, 5) is 11.5. The van der Waals surface area contributed by atoms with Crippen LogP contribution >= 0.6 is 0 Å². The van der Waals surface area contributed by atoms with Crippen molar-refractivity contribution in [2.24, 2.45) is 0 Å². The summed E-state index contributed by atoms with van der Waals surface area (Å²) in [5.74, 6) is -0.268. The van der Waals surface area contributed by atoms with Crippen LogP contribution in [0.25, 0.3) is 0 Å². The Morgan fingerprint density at radius 2 is 1.84 bits per heavy atom. The van der Waals surface area contributed by atoms with E-state index in [2.05, 4.69) is 10.6 Å². The normalized spacial score (nSPS) is 11.4. The van der Waals surface area contributed by atoms with E-state index in [-0.39, 0.29) is 12.5 Å². The molecule has 0 aliphatic carbocycles. The van der Waals surface area contributed by atoms with Gasteiger partial charge in [-0.05, 0) is 37.2 Å². The number of alkyl halides is 3. The minimum Gasteiger partial charge on any atom is -0.325 e. The molecule has 0 saturated carbocycles. The highest BCUT2D eigenvalue weighted by atomic mass is 19.4. The summed E-state index contributed by atoms with van der Waals surface area (Å²) in [6, 6.07) is 4.37. The Morgan fingerprint density at radius 1 is 1.21 bits per heavy atom. The van der Waals surface area contributed by atoms with Crippen molar-refractivity contribution in [2.45, 2.75) is 25.9 Å². The molecule has 0 radical (unpaired) electrons. The maximum atomic E-state index is 12.3. The topological polar surface area (TPSA) is 41.1 Å². The van der Waals surface area contributed by atoms with E-state index in [1.165, 1.54) is 12.1 Å². The maximum Gasteiger partial charge on any atom is 0.416 e. The van der Waals surface area contributed by atoms with Crippen molar-refractivity contribution in [3.05, 3.63) is 29.8 Å². The number of carbonyl (C=O) groups is 1. The third-order valence-electron chi connectivity index (χ3n) is 2.49. The minimum absolute atomic E-state index is 0.154. The lowest BCUT2D eigenvalue weighted by Crippen LogP contribution is -2.28. The van der Waals surface area contributed by atoms with Crippen LogP contribution < -0.4 is 10.6 Å². The third kappa shape index (κ3) is 5.74. The number of amides is 1. The Labute approximate surface area is 110 Å². The van der Waals surface area contributed by atoms with E-state index in [4.69, 9.17) is 0 Å². The lowest BCUT2D eigenvalue weighted by atomic mass is 10.2. The van der Waals surface area contributed by atoms with Crippen LogP contribution in [-0.4, -0.2) is 19.0 Å². The monoisotopic (exact) mass is 274 g/mol. The molecular formula is C13H17F3N2O. The van der Waals surface area contributed by atoms with Crippen molar-refractivity contribution in [3.63, 3.8) is 0 Å². The van der Waals surface area contributed by atoms with Crippen LogP contribution in [0, 0.1) is 0 Å². The summed E-state index contributed by atoms with van der Waals surface area (Å²) in [5.41, 5.74) is -0.373. The summed E-state index contributed by atoms with van der Waals surface area (Å²) in [5, 5.41) is 5.48. The molecule has 1 aromatic rings. The number of anilines is 1. The van der Waals surface area contributed by atoms with Gasteiger partial charge in [-0.2, -0.15) is 13.2 Å². The van der Waals surface area contributed by atoms with E-state index in [9.17, 15) is 18.0 Å². The van der Waals surface area contributed by atoms with E-state index in [0.717, 1.165) is 31.5 Å². The average Bonchev–Trinajstić information content (AvgIpc) is 2.34. The largest absolute Gasteiger partial charge is 0.416 e. The van der Waals surface area contributed by atoms with Crippen LogP contribution in [0.15, 0.2) is 24.3 Å². The zero-order valence-electron chi connectivity index (χ0n) is 10.7. The number of benzene rings is 1. The Bertz CT molecular complexity index is 401. The van der Waals surface area contributed by atoms with Gasteiger partial charge in [-0.1, -0.05) is 13.3 Å². The molecule has 3 nitrogen and oxygen atoms in total. The van der Waals surface area contributed by atoms with Gasteiger partial charge in [0.1, 0.15) is 0 Å². The van der Waals surface area contributed by atoms with Gasteiger partial charge in [-0.3, -0.25) is 4.79 Å². The number of hydrogen-bond donors (Lipinski definition) is 2. The number of rotatable bonds is 6. The van der Waals surface area contributed by atoms with E-state index in [1.807, 2.05) is 6.92 Å². The molecule has 1 aromatic carbocycles. The average molecular weight is 274 g/mol. The Hall–Kier alpha value is -1.56. The predicted molar refractivity (Wildman–Crippen MR) is 67.9 cm³/mol. The van der Waals surface area contributed by atoms with Gasteiger partial charge in [0.25, 0.3) is 0 Å². The molecule has 1 amide bonds. The molecule has 2 N–H and O–H groups in total. The van der Waals surface area contributed by atoms with E-state index >= 15 is 0 Å². The second-order valence-corrected chi connectivity index (χ2v) is 4.15. The molecule has 0 heterocycles. The number of unbranched alkanes of at least 4 members (excludes halogenated alkanes) is 1. The zero-order chi connectivity index (χ0) is 14.3. The highest BCUT2D eigenvalue weighted by molar-refractivity contribution is 5.92. The van der Waals surface area contributed by atoms with Crippen molar-refractivity contribution in [1.29, 1.82) is 0 Å². The molecule has 0 unspecified atom stereocenters. The number of halogens is 3. The molecule has 0 bridgehead atoms. The molecule has 0 aromatic heterocycles. The molecule has 0 saturated heterocycles. The first-order chi connectivity index (χ1) is 8.93. The van der Waals surface area contributed by atoms with Gasteiger partial charge in [0.05, 0.1) is 12.1 Å². The van der Waals surface area contributed by atoms with Crippen molar-refractivity contribution in [1.82, 2.24) is 5.32 Å². The Morgan fingerprint density at radius 3 is 2.37 bits per heavy atom. The quantitative estimate of drug-likeness (QED) is 0.783. The molecule has 0 aliphatic rings. The van der Waals surface area contributed by atoms with Gasteiger partial charge < -0.3 is 10.6 Å². The molecule has 1 rings (SSSR count). The van der Waals surface area contributed by atoms with Crippen molar-refractivity contribution in [2.75, 3.05) is 18.4 Å². The predicted octanol–water partition coefficient (Wildman–Crippen LogP) is 3.03. The first kappa shape index (κ1) is 15.5. The van der Waals surface area contributed by atoms with Crippen molar-refractivity contribution >= 4 is 11.6 Å². The van der Waals surface area contributed by atoms with Gasteiger partial charge in [-0.15, -0.1) is 0 Å². The summed E-state index contributed by atoms with van der Waals surface area (Å²) >= 11 is 0. The Balaban J connectivity index is 2.43. The van der Waals surface area contributed by atoms with Crippen LogP contribution in [0.5, 0.6) is 0 Å². The van der Waals surface area contributed by atoms with E-state index in [1.54, 1.807) is 0 Å². The number of nitrogens with one attached hydrogen (secondary N) is 2. The zero-order valence-corrected chi connectivity index (χ0v) is 10.7. The van der Waals surface area contributed by atoms with Crippen LogP contribution in [0.2, 0.25) is 0 Å². The lowest BCUT2D eigenvalue weighted by Gasteiger charge is -2.09. The second-order valence-electron chi connectivity index (χ2n) is 4.15. The van der Waals surface area contributed by atoms with Gasteiger partial charge in [0.15, 0.2) is 0 Å². The molecule has 19 heavy (non-hydrogen) atoms. The fourth-order valence-electron chi connectivity index (χ4n) is 1.45. The lowest BCUT2D eigenvalue weighted by molar-refractivity contribution is -0.137. The van der Waals surface area contributed by atoms with E-state index in [0.29, 0.717) is 5.69 Å². The van der Waals surface area contributed by atoms with Crippen LogP contribution in [-0.2, 0) is 11.0 Å². The molecule has 0 aliphatic heterocycles. The molecule has 6 heteroatoms. The fraction of sp³-hybridized carbons (Fsp3) is 0.462. The molecule has 106 valence electrons. The first-order valence-corrected chi connectivity index (χ1v) is 6.11. The van der Waals surface area contributed by atoms with Crippen LogP contribution in [0.4, 0.5) is 18.9 Å². The van der Waals surface area contributed by atoms with Gasteiger partial charge in [0, 0.05) is 5.69 Å². The molecule has 0 atom stereocenters. The molecular weight excluding hydrogens is 257 g/mol. The van der Waals surface area contributed by atoms with E-state index < -0.39 is 11.7 Å². The standard InChI is InChI=1S/C13H17F3N2O/c1-2-3-8-17-9-12(19)18-11-6-4-10(5-7-11)13(14,15)16/h4-7,17H,2-3,8-9H2,1H3,(H,18,19). The van der Waals surface area contributed by atoms with Gasteiger partial charge >= 0.3 is 6.18 Å². The Kier molecular flexibility index (Phi) is 5.82. The third-order valence-corrected chi connectivity index (χ3v) is 2.49. The highest BCUT2D eigenvalue weighted by Crippen LogP contribution is 2.29. The summed E-state index contributed by atoms with van der Waals surface area (Å²) in [6.07, 6.45) is -2.34. The summed E-state index contributed by atoms with van der Waals surface area (Å²) in [7, 11) is 0. The molecule has 0 fully saturated rings. The van der Waals surface area contributed by atoms with Crippen molar-refractivity contribution < 1.29 is 18.0 Å².